The van der Waals surface area contributed by atoms with Gasteiger partial charge in [0.2, 0.25) is 0 Å². The summed E-state index contributed by atoms with van der Waals surface area (Å²) < 4.78 is 10.0. The second-order valence-electron chi connectivity index (χ2n) is 7.67. The number of aryl methyl sites for hydroxylation is 2. The van der Waals surface area contributed by atoms with Crippen molar-refractivity contribution in [3.05, 3.63) is 92.4 Å². The highest BCUT2D eigenvalue weighted by molar-refractivity contribution is 9.10. The Morgan fingerprint density at radius 3 is 2.67 bits per heavy atom. The van der Waals surface area contributed by atoms with Crippen LogP contribution in [0.4, 0.5) is 5.69 Å². The molecule has 0 aliphatic rings. The normalized spacial score (nSPS) is 10.9. The average molecular weight is 529 g/mol. The van der Waals surface area contributed by atoms with E-state index in [0.29, 0.717) is 23.0 Å². The number of nitrogens with zero attached hydrogens (tertiary/aromatic N) is 4. The first-order valence-corrected chi connectivity index (χ1v) is 11.5. The molecule has 170 valence electrons. The summed E-state index contributed by atoms with van der Waals surface area (Å²) in [5, 5.41) is 12.4. The number of aromatic nitrogens is 4. The van der Waals surface area contributed by atoms with Crippen molar-refractivity contribution >= 4 is 39.1 Å². The third-order valence-electron chi connectivity index (χ3n) is 5.32. The molecule has 4 rings (SSSR count). The maximum Gasteiger partial charge on any atom is 0.276 e. The Labute approximate surface area is 205 Å². The molecule has 0 aliphatic carbocycles. The van der Waals surface area contributed by atoms with Gasteiger partial charge in [-0.15, -0.1) is 0 Å². The number of nitrogens with one attached hydrogen (secondary N) is 1. The molecule has 1 amide bonds. The van der Waals surface area contributed by atoms with Gasteiger partial charge in [0, 0.05) is 10.7 Å². The van der Waals surface area contributed by atoms with E-state index in [2.05, 4.69) is 50.5 Å². The van der Waals surface area contributed by atoms with Crippen LogP contribution in [0.3, 0.4) is 0 Å². The van der Waals surface area contributed by atoms with Gasteiger partial charge in [0.15, 0.2) is 12.4 Å². The summed E-state index contributed by atoms with van der Waals surface area (Å²) in [6.07, 6.45) is 1.68. The molecule has 7 nitrogen and oxygen atoms in total. The molecule has 0 fully saturated rings. The molecule has 0 spiro atoms. The summed E-state index contributed by atoms with van der Waals surface area (Å²) in [4.78, 5) is 12.8. The molecule has 0 aliphatic heterocycles. The molecule has 0 atom stereocenters. The van der Waals surface area contributed by atoms with Crippen LogP contribution in [-0.2, 0) is 13.3 Å². The van der Waals surface area contributed by atoms with Gasteiger partial charge in [0.25, 0.3) is 5.91 Å². The lowest BCUT2D eigenvalue weighted by atomic mass is 10.1. The van der Waals surface area contributed by atoms with Crippen LogP contribution in [0.25, 0.3) is 0 Å². The number of carbonyl (C=O) groups is 1. The maximum absolute atomic E-state index is 12.8. The van der Waals surface area contributed by atoms with Crippen molar-refractivity contribution in [1.82, 2.24) is 19.6 Å². The van der Waals surface area contributed by atoms with Crippen molar-refractivity contribution in [2.45, 2.75) is 34.0 Å². The number of benzene rings is 2. The smallest absolute Gasteiger partial charge is 0.276 e. The minimum absolute atomic E-state index is 0.126. The van der Waals surface area contributed by atoms with Crippen LogP contribution in [0.2, 0.25) is 5.02 Å². The van der Waals surface area contributed by atoms with Crippen LogP contribution in [0, 0.1) is 20.8 Å². The largest absolute Gasteiger partial charge is 0.470 e. The van der Waals surface area contributed by atoms with Crippen LogP contribution in [0.1, 0.15) is 33.0 Å². The number of carbonyl (C=O) groups excluding carboxylic acids is 1. The highest BCUT2D eigenvalue weighted by Crippen LogP contribution is 2.28. The Kier molecular flexibility index (Phi) is 6.85. The summed E-state index contributed by atoms with van der Waals surface area (Å²) in [6, 6.07) is 15.2. The molecule has 2 heterocycles. The quantitative estimate of drug-likeness (QED) is 0.331. The van der Waals surface area contributed by atoms with Gasteiger partial charge < -0.3 is 10.1 Å². The molecule has 0 unspecified atom stereocenters. The Balaban J connectivity index is 1.43. The lowest BCUT2D eigenvalue weighted by molar-refractivity contribution is 0.102. The predicted octanol–water partition coefficient (Wildman–Crippen LogP) is 5.76. The number of anilines is 1. The van der Waals surface area contributed by atoms with Gasteiger partial charge in [-0.1, -0.05) is 51.8 Å². The second-order valence-corrected chi connectivity index (χ2v) is 9.00. The van der Waals surface area contributed by atoms with Gasteiger partial charge in [0.05, 0.1) is 28.6 Å². The van der Waals surface area contributed by atoms with Gasteiger partial charge in [-0.3, -0.25) is 9.48 Å². The molecule has 33 heavy (non-hydrogen) atoms. The molecule has 1 N–H and O–H groups in total. The summed E-state index contributed by atoms with van der Waals surface area (Å²) >= 11 is 9.54. The lowest BCUT2D eigenvalue weighted by Gasteiger charge is -2.09. The highest BCUT2D eigenvalue weighted by Gasteiger charge is 2.17. The number of rotatable bonds is 7. The summed E-state index contributed by atoms with van der Waals surface area (Å²) in [5.41, 5.74) is 5.00. The number of ether oxygens (including phenoxy) is 1. The van der Waals surface area contributed by atoms with Crippen molar-refractivity contribution in [3.63, 3.8) is 0 Å². The molecule has 0 saturated carbocycles. The van der Waals surface area contributed by atoms with Crippen LogP contribution in [-0.4, -0.2) is 25.5 Å². The summed E-state index contributed by atoms with van der Waals surface area (Å²) in [7, 11) is 0. The molecule has 9 heteroatoms. The first-order valence-electron chi connectivity index (χ1n) is 10.3. The van der Waals surface area contributed by atoms with E-state index in [1.54, 1.807) is 24.4 Å². The average Bonchev–Trinajstić information content (AvgIpc) is 3.35. The number of hydrogen-bond donors (Lipinski definition) is 1. The molecular formula is C24H23BrClN5O2. The van der Waals surface area contributed by atoms with Crippen LogP contribution >= 0.6 is 27.5 Å². The number of hydrogen-bond acceptors (Lipinski definition) is 4. The van der Waals surface area contributed by atoms with Gasteiger partial charge in [-0.2, -0.15) is 10.2 Å². The molecule has 0 bridgehead atoms. The molecule has 4 aromatic rings. The van der Waals surface area contributed by atoms with E-state index in [4.69, 9.17) is 16.3 Å². The van der Waals surface area contributed by atoms with E-state index in [1.807, 2.05) is 36.7 Å². The van der Waals surface area contributed by atoms with E-state index in [9.17, 15) is 4.79 Å². The molecular weight excluding hydrogens is 506 g/mol. The van der Waals surface area contributed by atoms with E-state index in [-0.39, 0.29) is 18.3 Å². The molecule has 0 saturated heterocycles. The predicted molar refractivity (Wildman–Crippen MR) is 132 cm³/mol. The first kappa shape index (κ1) is 23.1. The number of halogens is 2. The summed E-state index contributed by atoms with van der Waals surface area (Å²) in [5.74, 6) is 0.228. The van der Waals surface area contributed by atoms with Crippen LogP contribution in [0.5, 0.6) is 5.75 Å². The Morgan fingerprint density at radius 2 is 1.91 bits per heavy atom. The zero-order valence-electron chi connectivity index (χ0n) is 18.5. The zero-order chi connectivity index (χ0) is 23.5. The Morgan fingerprint density at radius 1 is 1.12 bits per heavy atom. The highest BCUT2D eigenvalue weighted by atomic mass is 79.9. The van der Waals surface area contributed by atoms with Crippen molar-refractivity contribution < 1.29 is 9.53 Å². The zero-order valence-corrected chi connectivity index (χ0v) is 20.8. The van der Waals surface area contributed by atoms with E-state index >= 15 is 0 Å². The fraction of sp³-hybridized carbons (Fsp3) is 0.208. The van der Waals surface area contributed by atoms with Crippen molar-refractivity contribution in [2.24, 2.45) is 0 Å². The molecule has 0 radical (unpaired) electrons. The van der Waals surface area contributed by atoms with Gasteiger partial charge in [-0.25, -0.2) is 4.68 Å². The Bertz CT molecular complexity index is 1310. The van der Waals surface area contributed by atoms with Crippen molar-refractivity contribution in [2.75, 3.05) is 5.32 Å². The van der Waals surface area contributed by atoms with E-state index in [0.717, 1.165) is 15.9 Å². The monoisotopic (exact) mass is 527 g/mol. The van der Waals surface area contributed by atoms with E-state index in [1.165, 1.54) is 15.8 Å². The summed E-state index contributed by atoms with van der Waals surface area (Å²) in [6.45, 7) is 6.67. The van der Waals surface area contributed by atoms with Gasteiger partial charge in [-0.05, 0) is 56.2 Å². The third-order valence-corrected chi connectivity index (χ3v) is 6.11. The van der Waals surface area contributed by atoms with Gasteiger partial charge in [0.1, 0.15) is 5.75 Å². The first-order chi connectivity index (χ1) is 15.8. The molecule has 2 aromatic carbocycles. The van der Waals surface area contributed by atoms with E-state index < -0.39 is 0 Å². The van der Waals surface area contributed by atoms with Crippen molar-refractivity contribution in [1.29, 1.82) is 0 Å². The molecule has 2 aromatic heterocycles. The van der Waals surface area contributed by atoms with Crippen LogP contribution < -0.4 is 10.1 Å². The van der Waals surface area contributed by atoms with Crippen LogP contribution in [0.15, 0.2) is 59.2 Å². The van der Waals surface area contributed by atoms with Crippen molar-refractivity contribution in [3.8, 4) is 5.75 Å². The van der Waals surface area contributed by atoms with Gasteiger partial charge >= 0.3 is 0 Å². The topological polar surface area (TPSA) is 74.0 Å². The standard InChI is InChI=1S/C24H23BrClN5O2/c1-15-6-4-5-7-18(15)13-31-17(3)23(16(2)28-31)27-24(32)21-10-11-30(29-21)14-33-22-9-8-19(25)12-20(22)26/h4-12H,13-14H2,1-3H3,(H,27,32). The maximum atomic E-state index is 12.8. The lowest BCUT2D eigenvalue weighted by Crippen LogP contribution is -2.15. The fourth-order valence-electron chi connectivity index (χ4n) is 3.44. The Hall–Kier alpha value is -3.10. The minimum atomic E-state index is -0.308. The second kappa shape index (κ2) is 9.80. The number of amides is 1. The SMILES string of the molecule is Cc1ccccc1Cn1nc(C)c(NC(=O)c2ccn(COc3ccc(Br)cc3Cl)n2)c1C. The minimum Gasteiger partial charge on any atom is -0.470 e. The fourth-order valence-corrected chi connectivity index (χ4v) is 4.17. The third kappa shape index (κ3) is 5.29.